The quantitative estimate of drug-likeness (QED) is 0.752. The Hall–Kier alpha value is -2.61. The number of fused-ring (bicyclic) bond motifs is 1. The van der Waals surface area contributed by atoms with Gasteiger partial charge in [0.05, 0.1) is 6.54 Å². The normalized spacial score (nSPS) is 14.0. The van der Waals surface area contributed by atoms with Gasteiger partial charge in [0.15, 0.2) is 0 Å². The molecule has 0 amide bonds. The van der Waals surface area contributed by atoms with Crippen molar-refractivity contribution in [2.75, 3.05) is 13.1 Å². The molecule has 3 aromatic carbocycles. The minimum absolute atomic E-state index is 0.877. The lowest BCUT2D eigenvalue weighted by atomic mass is 10.00. The molecule has 0 spiro atoms. The molecule has 0 saturated carbocycles. The predicted molar refractivity (Wildman–Crippen MR) is 88.8 cm³/mol. The number of aliphatic imine (C=N–C) groups is 1. The van der Waals surface area contributed by atoms with Gasteiger partial charge in [-0.15, -0.1) is 0 Å². The lowest BCUT2D eigenvalue weighted by molar-refractivity contribution is 0.960. The van der Waals surface area contributed by atoms with Crippen LogP contribution in [0.5, 0.6) is 0 Å². The molecule has 4 rings (SSSR count). The first kappa shape index (κ1) is 12.2. The fourth-order valence-corrected chi connectivity index (χ4v) is 2.78. The summed E-state index contributed by atoms with van der Waals surface area (Å²) in [4.78, 5) is 4.45. The van der Waals surface area contributed by atoms with Gasteiger partial charge in [-0.1, -0.05) is 60.7 Å². The standard InChI is InChI=1S/C19H16N2/c1-2-4-17-13-18(10-7-14(17)3-1)15-5-8-16(9-6-15)19-20-11-12-21-19/h1-10,13H,11-12H2,(H,20,21). The van der Waals surface area contributed by atoms with Crippen molar-refractivity contribution in [3.8, 4) is 11.1 Å². The van der Waals surface area contributed by atoms with Crippen molar-refractivity contribution in [3.63, 3.8) is 0 Å². The van der Waals surface area contributed by atoms with Gasteiger partial charge in [-0.05, 0) is 28.0 Å². The zero-order chi connectivity index (χ0) is 14.1. The fraction of sp³-hybridized carbons (Fsp3) is 0.105. The zero-order valence-electron chi connectivity index (χ0n) is 11.7. The maximum absolute atomic E-state index is 4.45. The Kier molecular flexibility index (Phi) is 2.93. The second kappa shape index (κ2) is 5.06. The largest absolute Gasteiger partial charge is 0.368 e. The van der Waals surface area contributed by atoms with E-state index in [9.17, 15) is 0 Å². The first-order valence-corrected chi connectivity index (χ1v) is 7.28. The average Bonchev–Trinajstić information content (AvgIpc) is 3.09. The van der Waals surface area contributed by atoms with Crippen LogP contribution in [-0.2, 0) is 0 Å². The highest BCUT2D eigenvalue weighted by atomic mass is 15.1. The van der Waals surface area contributed by atoms with Crippen LogP contribution in [0.2, 0.25) is 0 Å². The highest BCUT2D eigenvalue weighted by Gasteiger charge is 2.07. The van der Waals surface area contributed by atoms with E-state index in [0.29, 0.717) is 0 Å². The molecular weight excluding hydrogens is 256 g/mol. The maximum atomic E-state index is 4.45. The van der Waals surface area contributed by atoms with Crippen LogP contribution in [0.1, 0.15) is 5.56 Å². The number of nitrogens with zero attached hydrogens (tertiary/aromatic N) is 1. The first-order valence-electron chi connectivity index (χ1n) is 7.28. The summed E-state index contributed by atoms with van der Waals surface area (Å²) in [7, 11) is 0. The summed E-state index contributed by atoms with van der Waals surface area (Å²) >= 11 is 0. The fourth-order valence-electron chi connectivity index (χ4n) is 2.78. The number of hydrogen-bond acceptors (Lipinski definition) is 2. The van der Waals surface area contributed by atoms with Gasteiger partial charge in [0, 0.05) is 12.1 Å². The molecule has 0 aromatic heterocycles. The van der Waals surface area contributed by atoms with Gasteiger partial charge in [0.25, 0.3) is 0 Å². The molecular formula is C19H16N2. The summed E-state index contributed by atoms with van der Waals surface area (Å²) in [6.45, 7) is 1.82. The van der Waals surface area contributed by atoms with E-state index >= 15 is 0 Å². The molecule has 1 aliphatic heterocycles. The summed E-state index contributed by atoms with van der Waals surface area (Å²) < 4.78 is 0. The summed E-state index contributed by atoms with van der Waals surface area (Å²) in [5, 5.41) is 5.86. The molecule has 1 aliphatic rings. The molecule has 0 aliphatic carbocycles. The summed E-state index contributed by atoms with van der Waals surface area (Å²) in [5.74, 6) is 1.01. The van der Waals surface area contributed by atoms with E-state index in [-0.39, 0.29) is 0 Å². The number of amidine groups is 1. The Morgan fingerprint density at radius 1 is 0.714 bits per heavy atom. The Bertz CT molecular complexity index is 816. The van der Waals surface area contributed by atoms with Gasteiger partial charge in [0.2, 0.25) is 0 Å². The van der Waals surface area contributed by atoms with Gasteiger partial charge < -0.3 is 5.32 Å². The smallest absolute Gasteiger partial charge is 0.128 e. The van der Waals surface area contributed by atoms with Crippen molar-refractivity contribution in [2.45, 2.75) is 0 Å². The molecule has 3 aromatic rings. The third kappa shape index (κ3) is 2.29. The second-order valence-corrected chi connectivity index (χ2v) is 5.30. The van der Waals surface area contributed by atoms with Crippen LogP contribution in [0.15, 0.2) is 71.7 Å². The van der Waals surface area contributed by atoms with Crippen molar-refractivity contribution in [1.82, 2.24) is 5.32 Å². The van der Waals surface area contributed by atoms with Crippen molar-refractivity contribution in [3.05, 3.63) is 72.3 Å². The Morgan fingerprint density at radius 3 is 2.19 bits per heavy atom. The monoisotopic (exact) mass is 272 g/mol. The Morgan fingerprint density at radius 2 is 1.43 bits per heavy atom. The van der Waals surface area contributed by atoms with Gasteiger partial charge in [-0.25, -0.2) is 0 Å². The topological polar surface area (TPSA) is 24.4 Å². The first-order chi connectivity index (χ1) is 10.4. The van der Waals surface area contributed by atoms with E-state index < -0.39 is 0 Å². The highest BCUT2D eigenvalue weighted by Crippen LogP contribution is 2.24. The molecule has 102 valence electrons. The molecule has 0 atom stereocenters. The van der Waals surface area contributed by atoms with Gasteiger partial charge in [0.1, 0.15) is 5.84 Å². The van der Waals surface area contributed by atoms with Crippen molar-refractivity contribution in [2.24, 2.45) is 4.99 Å². The minimum Gasteiger partial charge on any atom is -0.368 e. The molecule has 0 unspecified atom stereocenters. The van der Waals surface area contributed by atoms with Gasteiger partial charge >= 0.3 is 0 Å². The molecule has 0 saturated heterocycles. The summed E-state index contributed by atoms with van der Waals surface area (Å²) in [6.07, 6.45) is 0. The second-order valence-electron chi connectivity index (χ2n) is 5.30. The third-order valence-corrected chi connectivity index (χ3v) is 3.92. The number of nitrogens with one attached hydrogen (secondary N) is 1. The molecule has 2 heteroatoms. The van der Waals surface area contributed by atoms with Crippen LogP contribution in [0, 0.1) is 0 Å². The van der Waals surface area contributed by atoms with Crippen LogP contribution >= 0.6 is 0 Å². The van der Waals surface area contributed by atoms with Crippen molar-refractivity contribution < 1.29 is 0 Å². The number of rotatable bonds is 2. The zero-order valence-corrected chi connectivity index (χ0v) is 11.7. The molecule has 1 heterocycles. The Labute approximate surface area is 124 Å². The van der Waals surface area contributed by atoms with E-state index in [1.807, 2.05) is 0 Å². The lowest BCUT2D eigenvalue weighted by Gasteiger charge is -2.06. The van der Waals surface area contributed by atoms with Crippen molar-refractivity contribution >= 4 is 16.6 Å². The van der Waals surface area contributed by atoms with E-state index in [4.69, 9.17) is 0 Å². The number of hydrogen-bond donors (Lipinski definition) is 1. The summed E-state index contributed by atoms with van der Waals surface area (Å²) in [6, 6.07) is 23.7. The van der Waals surface area contributed by atoms with Crippen LogP contribution in [0.3, 0.4) is 0 Å². The van der Waals surface area contributed by atoms with Gasteiger partial charge in [-0.2, -0.15) is 0 Å². The Balaban J connectivity index is 1.71. The minimum atomic E-state index is 0.877. The average molecular weight is 272 g/mol. The molecule has 0 radical (unpaired) electrons. The molecule has 0 bridgehead atoms. The molecule has 21 heavy (non-hydrogen) atoms. The molecule has 2 nitrogen and oxygen atoms in total. The lowest BCUT2D eigenvalue weighted by Crippen LogP contribution is -2.19. The van der Waals surface area contributed by atoms with E-state index in [1.165, 1.54) is 21.9 Å². The SMILES string of the molecule is c1ccc2cc(-c3ccc(C4=NCCN4)cc3)ccc2c1. The van der Waals surface area contributed by atoms with Crippen molar-refractivity contribution in [1.29, 1.82) is 0 Å². The number of benzene rings is 3. The van der Waals surface area contributed by atoms with Crippen LogP contribution in [-0.4, -0.2) is 18.9 Å². The molecule has 1 N–H and O–H groups in total. The predicted octanol–water partition coefficient (Wildman–Crippen LogP) is 3.86. The van der Waals surface area contributed by atoms with Crippen LogP contribution in [0.4, 0.5) is 0 Å². The van der Waals surface area contributed by atoms with E-state index in [0.717, 1.165) is 24.5 Å². The summed E-state index contributed by atoms with van der Waals surface area (Å²) in [5.41, 5.74) is 3.65. The maximum Gasteiger partial charge on any atom is 0.128 e. The van der Waals surface area contributed by atoms with Crippen LogP contribution < -0.4 is 5.32 Å². The molecule has 0 fully saturated rings. The van der Waals surface area contributed by atoms with E-state index in [1.54, 1.807) is 0 Å². The third-order valence-electron chi connectivity index (χ3n) is 3.92. The van der Waals surface area contributed by atoms with Gasteiger partial charge in [-0.3, -0.25) is 4.99 Å². The van der Waals surface area contributed by atoms with Crippen LogP contribution in [0.25, 0.3) is 21.9 Å². The highest BCUT2D eigenvalue weighted by molar-refractivity contribution is 6.00. The van der Waals surface area contributed by atoms with E-state index in [2.05, 4.69) is 77.0 Å².